The van der Waals surface area contributed by atoms with Crippen LogP contribution in [0, 0.1) is 5.41 Å². The molecular weight excluding hydrogens is 256 g/mol. The van der Waals surface area contributed by atoms with Crippen LogP contribution in [0.2, 0.25) is 0 Å². The van der Waals surface area contributed by atoms with Crippen LogP contribution < -0.4 is 0 Å². The molecule has 20 heavy (non-hydrogen) atoms. The van der Waals surface area contributed by atoms with E-state index < -0.39 is 0 Å². The molecule has 110 valence electrons. The molecule has 0 spiro atoms. The molecule has 0 bridgehead atoms. The lowest BCUT2D eigenvalue weighted by molar-refractivity contribution is -0.142. The predicted octanol–water partition coefficient (Wildman–Crippen LogP) is 2.00. The zero-order valence-electron chi connectivity index (χ0n) is 12.4. The van der Waals surface area contributed by atoms with Crippen molar-refractivity contribution in [2.45, 2.75) is 27.2 Å². The SMILES string of the molecule is CCC(C)(C)C(=O)N1CCN(C(=O)c2ccco2)CC1. The van der Waals surface area contributed by atoms with Gasteiger partial charge in [0.2, 0.25) is 5.91 Å². The Bertz CT molecular complexity index is 471. The summed E-state index contributed by atoms with van der Waals surface area (Å²) in [4.78, 5) is 28.1. The maximum Gasteiger partial charge on any atom is 0.289 e. The Balaban J connectivity index is 1.93. The van der Waals surface area contributed by atoms with Crippen LogP contribution in [0.25, 0.3) is 0 Å². The second-order valence-electron chi connectivity index (χ2n) is 5.80. The van der Waals surface area contributed by atoms with Gasteiger partial charge in [-0.3, -0.25) is 9.59 Å². The number of amides is 2. The maximum absolute atomic E-state index is 12.4. The van der Waals surface area contributed by atoms with Crippen molar-refractivity contribution in [3.8, 4) is 0 Å². The van der Waals surface area contributed by atoms with Gasteiger partial charge in [-0.15, -0.1) is 0 Å². The van der Waals surface area contributed by atoms with Gasteiger partial charge in [-0.1, -0.05) is 20.8 Å². The second-order valence-corrected chi connectivity index (χ2v) is 5.80. The van der Waals surface area contributed by atoms with Crippen molar-refractivity contribution in [1.29, 1.82) is 0 Å². The molecule has 1 aliphatic heterocycles. The van der Waals surface area contributed by atoms with Crippen LogP contribution in [0.3, 0.4) is 0 Å². The number of piperazine rings is 1. The molecule has 5 heteroatoms. The van der Waals surface area contributed by atoms with E-state index in [4.69, 9.17) is 4.42 Å². The zero-order chi connectivity index (χ0) is 14.8. The van der Waals surface area contributed by atoms with Crippen LogP contribution in [0.15, 0.2) is 22.8 Å². The molecular formula is C15H22N2O3. The number of rotatable bonds is 3. The molecule has 1 saturated heterocycles. The Morgan fingerprint density at radius 2 is 1.80 bits per heavy atom. The number of carbonyl (C=O) groups excluding carboxylic acids is 2. The Morgan fingerprint density at radius 3 is 2.30 bits per heavy atom. The highest BCUT2D eigenvalue weighted by molar-refractivity contribution is 5.91. The molecule has 0 saturated carbocycles. The van der Waals surface area contributed by atoms with Gasteiger partial charge < -0.3 is 14.2 Å². The second kappa shape index (κ2) is 5.69. The first-order valence-corrected chi connectivity index (χ1v) is 7.08. The number of hydrogen-bond donors (Lipinski definition) is 0. The first kappa shape index (κ1) is 14.6. The van der Waals surface area contributed by atoms with Crippen LogP contribution in [0.1, 0.15) is 37.7 Å². The normalized spacial score (nSPS) is 16.4. The van der Waals surface area contributed by atoms with Gasteiger partial charge in [0.15, 0.2) is 5.76 Å². The Labute approximate surface area is 119 Å². The fourth-order valence-electron chi connectivity index (χ4n) is 2.25. The van der Waals surface area contributed by atoms with Crippen molar-refractivity contribution >= 4 is 11.8 Å². The summed E-state index contributed by atoms with van der Waals surface area (Å²) < 4.78 is 5.12. The number of hydrogen-bond acceptors (Lipinski definition) is 3. The molecule has 2 heterocycles. The van der Waals surface area contributed by atoms with E-state index in [-0.39, 0.29) is 17.2 Å². The van der Waals surface area contributed by atoms with Crippen molar-refractivity contribution in [2.75, 3.05) is 26.2 Å². The van der Waals surface area contributed by atoms with Gasteiger partial charge in [-0.2, -0.15) is 0 Å². The maximum atomic E-state index is 12.4. The average Bonchev–Trinajstić information content (AvgIpc) is 3.00. The van der Waals surface area contributed by atoms with Crippen LogP contribution in [0.5, 0.6) is 0 Å². The monoisotopic (exact) mass is 278 g/mol. The van der Waals surface area contributed by atoms with E-state index >= 15 is 0 Å². The summed E-state index contributed by atoms with van der Waals surface area (Å²) in [5, 5.41) is 0. The van der Waals surface area contributed by atoms with Crippen LogP contribution >= 0.6 is 0 Å². The molecule has 2 rings (SSSR count). The van der Waals surface area contributed by atoms with Crippen molar-refractivity contribution in [1.82, 2.24) is 9.80 Å². The Morgan fingerprint density at radius 1 is 1.20 bits per heavy atom. The first-order valence-electron chi connectivity index (χ1n) is 7.08. The molecule has 0 aliphatic carbocycles. The lowest BCUT2D eigenvalue weighted by Crippen LogP contribution is -2.53. The first-order chi connectivity index (χ1) is 9.45. The molecule has 0 aromatic carbocycles. The largest absolute Gasteiger partial charge is 0.459 e. The number of nitrogens with zero attached hydrogens (tertiary/aromatic N) is 2. The average molecular weight is 278 g/mol. The summed E-state index contributed by atoms with van der Waals surface area (Å²) in [7, 11) is 0. The topological polar surface area (TPSA) is 53.8 Å². The van der Waals surface area contributed by atoms with E-state index in [1.807, 2.05) is 25.7 Å². The van der Waals surface area contributed by atoms with Gasteiger partial charge in [0, 0.05) is 31.6 Å². The van der Waals surface area contributed by atoms with E-state index in [0.717, 1.165) is 6.42 Å². The lowest BCUT2D eigenvalue weighted by Gasteiger charge is -2.38. The molecule has 0 radical (unpaired) electrons. The molecule has 1 aromatic rings. The van der Waals surface area contributed by atoms with Crippen molar-refractivity contribution in [2.24, 2.45) is 5.41 Å². The fourth-order valence-corrected chi connectivity index (χ4v) is 2.25. The highest BCUT2D eigenvalue weighted by Crippen LogP contribution is 2.24. The molecule has 0 N–H and O–H groups in total. The van der Waals surface area contributed by atoms with Gasteiger partial charge >= 0.3 is 0 Å². The minimum Gasteiger partial charge on any atom is -0.459 e. The zero-order valence-corrected chi connectivity index (χ0v) is 12.4. The van der Waals surface area contributed by atoms with E-state index in [2.05, 4.69) is 0 Å². The predicted molar refractivity (Wildman–Crippen MR) is 75.3 cm³/mol. The molecule has 1 aromatic heterocycles. The summed E-state index contributed by atoms with van der Waals surface area (Å²) in [6, 6.07) is 3.37. The third-order valence-corrected chi connectivity index (χ3v) is 4.05. The third kappa shape index (κ3) is 2.86. The number of carbonyl (C=O) groups is 2. The Hall–Kier alpha value is -1.78. The molecule has 1 fully saturated rings. The van der Waals surface area contributed by atoms with Crippen molar-refractivity contribution in [3.63, 3.8) is 0 Å². The summed E-state index contributed by atoms with van der Waals surface area (Å²) >= 11 is 0. The van der Waals surface area contributed by atoms with Crippen molar-refractivity contribution < 1.29 is 14.0 Å². The molecule has 2 amide bonds. The molecule has 1 aliphatic rings. The van der Waals surface area contributed by atoms with Crippen LogP contribution in [0.4, 0.5) is 0 Å². The minimum atomic E-state index is -0.326. The van der Waals surface area contributed by atoms with E-state index in [1.54, 1.807) is 17.0 Å². The van der Waals surface area contributed by atoms with Gasteiger partial charge in [0.05, 0.1) is 6.26 Å². The van der Waals surface area contributed by atoms with E-state index in [9.17, 15) is 9.59 Å². The summed E-state index contributed by atoms with van der Waals surface area (Å²) in [6.07, 6.45) is 2.31. The third-order valence-electron chi connectivity index (χ3n) is 4.05. The van der Waals surface area contributed by atoms with Gasteiger partial charge in [0.1, 0.15) is 0 Å². The molecule has 0 unspecified atom stereocenters. The van der Waals surface area contributed by atoms with Gasteiger partial charge in [-0.05, 0) is 18.6 Å². The molecule has 0 atom stereocenters. The summed E-state index contributed by atoms with van der Waals surface area (Å²) in [5.74, 6) is 0.431. The smallest absolute Gasteiger partial charge is 0.289 e. The van der Waals surface area contributed by atoms with Gasteiger partial charge in [-0.25, -0.2) is 0 Å². The number of furan rings is 1. The Kier molecular flexibility index (Phi) is 4.16. The summed E-state index contributed by atoms with van der Waals surface area (Å²) in [6.45, 7) is 8.26. The highest BCUT2D eigenvalue weighted by atomic mass is 16.3. The minimum absolute atomic E-state index is 0.100. The highest BCUT2D eigenvalue weighted by Gasteiger charge is 2.33. The van der Waals surface area contributed by atoms with Crippen LogP contribution in [-0.4, -0.2) is 47.8 Å². The molecule has 5 nitrogen and oxygen atoms in total. The van der Waals surface area contributed by atoms with Crippen LogP contribution in [-0.2, 0) is 4.79 Å². The van der Waals surface area contributed by atoms with Crippen molar-refractivity contribution in [3.05, 3.63) is 24.2 Å². The standard InChI is InChI=1S/C15H22N2O3/c1-4-15(2,3)14(19)17-9-7-16(8-10-17)13(18)12-6-5-11-20-12/h5-6,11H,4,7-10H2,1-3H3. The summed E-state index contributed by atoms with van der Waals surface area (Å²) in [5.41, 5.74) is -0.326. The van der Waals surface area contributed by atoms with E-state index in [0.29, 0.717) is 31.9 Å². The fraction of sp³-hybridized carbons (Fsp3) is 0.600. The van der Waals surface area contributed by atoms with Gasteiger partial charge in [0.25, 0.3) is 5.91 Å². The quantitative estimate of drug-likeness (QED) is 0.849. The lowest BCUT2D eigenvalue weighted by atomic mass is 9.88. The van der Waals surface area contributed by atoms with E-state index in [1.165, 1.54) is 6.26 Å².